The average Bonchev–Trinajstić information content (AvgIpc) is 2.64. The molecule has 0 saturated heterocycles. The SMILES string of the molecule is COc1cc(Cl)ccc1-c1nsc(Br)n1. The van der Waals surface area contributed by atoms with E-state index >= 15 is 0 Å². The lowest BCUT2D eigenvalue weighted by molar-refractivity contribution is 0.416. The summed E-state index contributed by atoms with van der Waals surface area (Å²) >= 11 is 10.4. The molecule has 6 heteroatoms. The van der Waals surface area contributed by atoms with E-state index in [4.69, 9.17) is 16.3 Å². The molecule has 78 valence electrons. The van der Waals surface area contributed by atoms with Gasteiger partial charge in [0.15, 0.2) is 9.74 Å². The number of aromatic nitrogens is 2. The van der Waals surface area contributed by atoms with Gasteiger partial charge in [-0.05, 0) is 45.7 Å². The molecule has 0 radical (unpaired) electrons. The van der Waals surface area contributed by atoms with Crippen LogP contribution >= 0.6 is 39.1 Å². The Morgan fingerprint density at radius 3 is 2.87 bits per heavy atom. The molecular formula is C9H6BrClN2OS. The van der Waals surface area contributed by atoms with Crippen LogP contribution in [-0.2, 0) is 0 Å². The van der Waals surface area contributed by atoms with Crippen molar-refractivity contribution in [3.8, 4) is 17.1 Å². The van der Waals surface area contributed by atoms with Crippen LogP contribution in [0, 0.1) is 0 Å². The van der Waals surface area contributed by atoms with E-state index in [1.807, 2.05) is 6.07 Å². The van der Waals surface area contributed by atoms with Gasteiger partial charge >= 0.3 is 0 Å². The summed E-state index contributed by atoms with van der Waals surface area (Å²) in [5.41, 5.74) is 0.837. The molecule has 0 saturated carbocycles. The molecule has 1 aromatic carbocycles. The van der Waals surface area contributed by atoms with Gasteiger partial charge in [-0.1, -0.05) is 11.6 Å². The zero-order valence-electron chi connectivity index (χ0n) is 7.70. The molecule has 0 fully saturated rings. The maximum Gasteiger partial charge on any atom is 0.179 e. The van der Waals surface area contributed by atoms with E-state index in [-0.39, 0.29) is 0 Å². The summed E-state index contributed by atoms with van der Waals surface area (Å²) in [6, 6.07) is 5.37. The number of nitrogens with zero attached hydrogens (tertiary/aromatic N) is 2. The van der Waals surface area contributed by atoms with Crippen LogP contribution in [0.3, 0.4) is 0 Å². The first-order chi connectivity index (χ1) is 7.20. The first kappa shape index (κ1) is 10.9. The molecule has 15 heavy (non-hydrogen) atoms. The van der Waals surface area contributed by atoms with Gasteiger partial charge in [-0.15, -0.1) is 0 Å². The Bertz CT molecular complexity index is 489. The molecule has 2 rings (SSSR count). The van der Waals surface area contributed by atoms with Crippen molar-refractivity contribution in [2.24, 2.45) is 0 Å². The van der Waals surface area contributed by atoms with E-state index in [2.05, 4.69) is 25.3 Å². The average molecular weight is 306 g/mol. The van der Waals surface area contributed by atoms with Gasteiger partial charge in [0.1, 0.15) is 5.75 Å². The lowest BCUT2D eigenvalue weighted by Crippen LogP contribution is -1.89. The van der Waals surface area contributed by atoms with Crippen molar-refractivity contribution in [2.45, 2.75) is 0 Å². The molecule has 1 heterocycles. The lowest BCUT2D eigenvalue weighted by atomic mass is 10.2. The summed E-state index contributed by atoms with van der Waals surface area (Å²) in [7, 11) is 1.59. The van der Waals surface area contributed by atoms with Crippen LogP contribution in [0.5, 0.6) is 5.75 Å². The number of rotatable bonds is 2. The fourth-order valence-corrected chi connectivity index (χ4v) is 2.14. The highest BCUT2D eigenvalue weighted by molar-refractivity contribution is 9.11. The van der Waals surface area contributed by atoms with Crippen molar-refractivity contribution in [3.05, 3.63) is 27.1 Å². The van der Waals surface area contributed by atoms with Gasteiger partial charge in [-0.3, -0.25) is 0 Å². The van der Waals surface area contributed by atoms with Gasteiger partial charge in [-0.2, -0.15) is 4.37 Å². The highest BCUT2D eigenvalue weighted by Crippen LogP contribution is 2.31. The summed E-state index contributed by atoms with van der Waals surface area (Å²) in [6.45, 7) is 0. The molecule has 0 bridgehead atoms. The number of methoxy groups -OCH3 is 1. The Hall–Kier alpha value is -0.650. The molecular weight excluding hydrogens is 300 g/mol. The van der Waals surface area contributed by atoms with Crippen molar-refractivity contribution in [3.63, 3.8) is 0 Å². The zero-order valence-corrected chi connectivity index (χ0v) is 10.9. The maximum atomic E-state index is 5.86. The number of hydrogen-bond acceptors (Lipinski definition) is 4. The van der Waals surface area contributed by atoms with Gasteiger partial charge in [0.25, 0.3) is 0 Å². The Morgan fingerprint density at radius 1 is 1.47 bits per heavy atom. The normalized spacial score (nSPS) is 10.3. The fraction of sp³-hybridized carbons (Fsp3) is 0.111. The molecule has 0 spiro atoms. The molecule has 0 unspecified atom stereocenters. The van der Waals surface area contributed by atoms with Gasteiger partial charge in [0.2, 0.25) is 0 Å². The Balaban J connectivity index is 2.52. The molecule has 0 atom stereocenters. The number of ether oxygens (including phenoxy) is 1. The lowest BCUT2D eigenvalue weighted by Gasteiger charge is -2.05. The van der Waals surface area contributed by atoms with Crippen LogP contribution in [0.1, 0.15) is 0 Å². The first-order valence-electron chi connectivity index (χ1n) is 4.04. The summed E-state index contributed by atoms with van der Waals surface area (Å²) in [4.78, 5) is 4.22. The van der Waals surface area contributed by atoms with Crippen LogP contribution in [0.2, 0.25) is 5.02 Å². The predicted octanol–water partition coefficient (Wildman–Crippen LogP) is 3.63. The molecule has 3 nitrogen and oxygen atoms in total. The second-order valence-electron chi connectivity index (χ2n) is 2.72. The topological polar surface area (TPSA) is 35.0 Å². The van der Waals surface area contributed by atoms with Crippen LogP contribution in [0.25, 0.3) is 11.4 Å². The molecule has 0 aliphatic carbocycles. The summed E-state index contributed by atoms with van der Waals surface area (Å²) in [5, 5.41) is 0.630. The molecule has 0 aliphatic heterocycles. The van der Waals surface area contributed by atoms with Gasteiger partial charge in [-0.25, -0.2) is 4.98 Å². The third-order valence-corrected chi connectivity index (χ3v) is 3.16. The smallest absolute Gasteiger partial charge is 0.179 e. The van der Waals surface area contributed by atoms with E-state index in [0.29, 0.717) is 16.6 Å². The van der Waals surface area contributed by atoms with E-state index in [1.54, 1.807) is 19.2 Å². The summed E-state index contributed by atoms with van der Waals surface area (Å²) < 4.78 is 10.1. The van der Waals surface area contributed by atoms with E-state index < -0.39 is 0 Å². The van der Waals surface area contributed by atoms with Crippen LogP contribution in [-0.4, -0.2) is 16.5 Å². The predicted molar refractivity (Wildman–Crippen MR) is 64.6 cm³/mol. The van der Waals surface area contributed by atoms with Crippen LogP contribution in [0.15, 0.2) is 22.1 Å². The standard InChI is InChI=1S/C9H6BrClN2OS/c1-14-7-4-5(11)2-3-6(7)8-12-9(10)15-13-8/h2-4H,1H3. The highest BCUT2D eigenvalue weighted by atomic mass is 79.9. The van der Waals surface area contributed by atoms with Gasteiger partial charge in [0.05, 0.1) is 12.7 Å². The highest BCUT2D eigenvalue weighted by Gasteiger charge is 2.11. The molecule has 2 aromatic rings. The van der Waals surface area contributed by atoms with Crippen molar-refractivity contribution in [1.82, 2.24) is 9.36 Å². The number of hydrogen-bond donors (Lipinski definition) is 0. The van der Waals surface area contributed by atoms with Crippen LogP contribution < -0.4 is 4.74 Å². The minimum absolute atomic E-state index is 0.630. The minimum Gasteiger partial charge on any atom is -0.496 e. The van der Waals surface area contributed by atoms with Gasteiger partial charge in [0, 0.05) is 5.02 Å². The van der Waals surface area contributed by atoms with Crippen molar-refractivity contribution in [2.75, 3.05) is 7.11 Å². The summed E-state index contributed by atoms with van der Waals surface area (Å²) in [6.07, 6.45) is 0. The third kappa shape index (κ3) is 2.30. The van der Waals surface area contributed by atoms with Crippen LogP contribution in [0.4, 0.5) is 0 Å². The molecule has 0 amide bonds. The molecule has 0 aliphatic rings. The van der Waals surface area contributed by atoms with E-state index in [1.165, 1.54) is 11.5 Å². The fourth-order valence-electron chi connectivity index (χ4n) is 1.16. The zero-order chi connectivity index (χ0) is 10.8. The third-order valence-electron chi connectivity index (χ3n) is 1.81. The second-order valence-corrected chi connectivity index (χ2v) is 5.18. The van der Waals surface area contributed by atoms with E-state index in [9.17, 15) is 0 Å². The second kappa shape index (κ2) is 4.47. The van der Waals surface area contributed by atoms with Crippen molar-refractivity contribution >= 4 is 39.1 Å². The van der Waals surface area contributed by atoms with Crippen molar-refractivity contribution in [1.29, 1.82) is 0 Å². The summed E-state index contributed by atoms with van der Waals surface area (Å²) in [5.74, 6) is 1.31. The molecule has 1 aromatic heterocycles. The number of benzene rings is 1. The van der Waals surface area contributed by atoms with E-state index in [0.717, 1.165) is 9.48 Å². The minimum atomic E-state index is 0.630. The van der Waals surface area contributed by atoms with Crippen molar-refractivity contribution < 1.29 is 4.74 Å². The Kier molecular flexibility index (Phi) is 3.23. The van der Waals surface area contributed by atoms with Gasteiger partial charge < -0.3 is 4.74 Å². The largest absolute Gasteiger partial charge is 0.496 e. The Morgan fingerprint density at radius 2 is 2.27 bits per heavy atom. The maximum absolute atomic E-state index is 5.86. The quantitative estimate of drug-likeness (QED) is 0.850. The Labute approximate surface area is 104 Å². The molecule has 0 N–H and O–H groups in total. The number of halogens is 2. The first-order valence-corrected chi connectivity index (χ1v) is 5.98. The monoisotopic (exact) mass is 304 g/mol.